The average molecular weight is 475 g/mol. The SMILES string of the molecule is COc1ccc(NS(=O)(=O)c2cccc(C(=O)Nc3ccc(C)cc3)c2)cc1Br. The van der Waals surface area contributed by atoms with Crippen molar-refractivity contribution in [1.82, 2.24) is 0 Å². The highest BCUT2D eigenvalue weighted by Crippen LogP contribution is 2.29. The molecular weight excluding hydrogens is 456 g/mol. The summed E-state index contributed by atoms with van der Waals surface area (Å²) in [4.78, 5) is 12.5. The van der Waals surface area contributed by atoms with Crippen molar-refractivity contribution >= 4 is 43.2 Å². The van der Waals surface area contributed by atoms with Crippen molar-refractivity contribution < 1.29 is 17.9 Å². The third-order valence-corrected chi connectivity index (χ3v) is 6.12. The van der Waals surface area contributed by atoms with Crippen LogP contribution in [-0.4, -0.2) is 21.4 Å². The Morgan fingerprint density at radius 2 is 1.66 bits per heavy atom. The van der Waals surface area contributed by atoms with E-state index in [1.54, 1.807) is 36.4 Å². The summed E-state index contributed by atoms with van der Waals surface area (Å²) in [6.45, 7) is 1.95. The molecule has 0 saturated carbocycles. The van der Waals surface area contributed by atoms with Crippen LogP contribution in [0.25, 0.3) is 0 Å². The summed E-state index contributed by atoms with van der Waals surface area (Å²) in [5.41, 5.74) is 2.32. The molecule has 0 aliphatic carbocycles. The molecule has 3 aromatic carbocycles. The standard InChI is InChI=1S/C21H19BrN2O4S/c1-14-6-8-16(9-7-14)23-21(25)15-4-3-5-18(12-15)29(26,27)24-17-10-11-20(28-2)19(22)13-17/h3-13,24H,1-2H3,(H,23,25). The van der Waals surface area contributed by atoms with E-state index in [1.807, 2.05) is 19.1 Å². The molecule has 0 atom stereocenters. The lowest BCUT2D eigenvalue weighted by atomic mass is 10.2. The molecule has 3 rings (SSSR count). The van der Waals surface area contributed by atoms with Gasteiger partial charge in [-0.05, 0) is 71.4 Å². The minimum Gasteiger partial charge on any atom is -0.496 e. The van der Waals surface area contributed by atoms with Crippen LogP contribution < -0.4 is 14.8 Å². The first-order valence-corrected chi connectivity index (χ1v) is 10.9. The minimum atomic E-state index is -3.88. The molecule has 0 bridgehead atoms. The number of carbonyl (C=O) groups excluding carboxylic acids is 1. The number of amides is 1. The number of rotatable bonds is 6. The summed E-state index contributed by atoms with van der Waals surface area (Å²) >= 11 is 3.32. The molecule has 0 aliphatic rings. The molecule has 0 aliphatic heterocycles. The van der Waals surface area contributed by atoms with E-state index in [1.165, 1.54) is 25.3 Å². The van der Waals surface area contributed by atoms with Crippen LogP contribution >= 0.6 is 15.9 Å². The smallest absolute Gasteiger partial charge is 0.261 e. The van der Waals surface area contributed by atoms with Gasteiger partial charge in [-0.15, -0.1) is 0 Å². The maximum absolute atomic E-state index is 12.7. The first-order valence-electron chi connectivity index (χ1n) is 8.63. The fraction of sp³-hybridized carbons (Fsp3) is 0.0952. The zero-order valence-electron chi connectivity index (χ0n) is 15.8. The van der Waals surface area contributed by atoms with Gasteiger partial charge in [-0.3, -0.25) is 9.52 Å². The van der Waals surface area contributed by atoms with Crippen molar-refractivity contribution in [2.75, 3.05) is 17.1 Å². The topological polar surface area (TPSA) is 84.5 Å². The molecular formula is C21H19BrN2O4S. The number of nitrogens with one attached hydrogen (secondary N) is 2. The molecule has 0 radical (unpaired) electrons. The Morgan fingerprint density at radius 1 is 0.966 bits per heavy atom. The molecule has 0 heterocycles. The summed E-state index contributed by atoms with van der Waals surface area (Å²) in [5, 5.41) is 2.76. The van der Waals surface area contributed by atoms with E-state index in [-0.39, 0.29) is 10.5 Å². The van der Waals surface area contributed by atoms with Crippen LogP contribution in [0.3, 0.4) is 0 Å². The van der Waals surface area contributed by atoms with Gasteiger partial charge in [-0.2, -0.15) is 0 Å². The highest BCUT2D eigenvalue weighted by Gasteiger charge is 2.17. The summed E-state index contributed by atoms with van der Waals surface area (Å²) in [6.07, 6.45) is 0. The molecule has 0 spiro atoms. The molecule has 0 aromatic heterocycles. The predicted molar refractivity (Wildman–Crippen MR) is 117 cm³/mol. The van der Waals surface area contributed by atoms with Gasteiger partial charge in [0.1, 0.15) is 5.75 Å². The van der Waals surface area contributed by atoms with E-state index in [0.717, 1.165) is 5.56 Å². The number of halogens is 1. The quantitative estimate of drug-likeness (QED) is 0.536. The number of benzene rings is 3. The lowest BCUT2D eigenvalue weighted by Gasteiger charge is -2.11. The molecule has 8 heteroatoms. The van der Waals surface area contributed by atoms with Gasteiger partial charge in [-0.25, -0.2) is 8.42 Å². The van der Waals surface area contributed by atoms with Crippen LogP contribution in [0.15, 0.2) is 76.1 Å². The number of sulfonamides is 1. The monoisotopic (exact) mass is 474 g/mol. The van der Waals surface area contributed by atoms with Crippen LogP contribution in [-0.2, 0) is 10.0 Å². The highest BCUT2D eigenvalue weighted by atomic mass is 79.9. The zero-order chi connectivity index (χ0) is 21.0. The number of carbonyl (C=O) groups is 1. The molecule has 1 amide bonds. The van der Waals surface area contributed by atoms with Gasteiger partial charge in [0.25, 0.3) is 15.9 Å². The second-order valence-corrected chi connectivity index (χ2v) is 8.84. The Morgan fingerprint density at radius 3 is 2.31 bits per heavy atom. The van der Waals surface area contributed by atoms with Gasteiger partial charge in [0.05, 0.1) is 22.2 Å². The lowest BCUT2D eigenvalue weighted by molar-refractivity contribution is 0.102. The van der Waals surface area contributed by atoms with Crippen LogP contribution in [0.4, 0.5) is 11.4 Å². The number of anilines is 2. The first-order chi connectivity index (χ1) is 13.8. The van der Waals surface area contributed by atoms with Gasteiger partial charge in [0, 0.05) is 11.3 Å². The Balaban J connectivity index is 1.80. The molecule has 0 fully saturated rings. The summed E-state index contributed by atoms with van der Waals surface area (Å²) in [5.74, 6) is 0.195. The Labute approximate surface area is 178 Å². The van der Waals surface area contributed by atoms with Gasteiger partial charge >= 0.3 is 0 Å². The first kappa shape index (κ1) is 20.9. The fourth-order valence-corrected chi connectivity index (χ4v) is 4.22. The molecule has 150 valence electrons. The van der Waals surface area contributed by atoms with E-state index in [9.17, 15) is 13.2 Å². The van der Waals surface area contributed by atoms with Gasteiger partial charge in [0.15, 0.2) is 0 Å². The van der Waals surface area contributed by atoms with E-state index >= 15 is 0 Å². The van der Waals surface area contributed by atoms with Crippen LogP contribution in [0, 0.1) is 6.92 Å². The molecule has 29 heavy (non-hydrogen) atoms. The maximum Gasteiger partial charge on any atom is 0.261 e. The zero-order valence-corrected chi connectivity index (χ0v) is 18.2. The van der Waals surface area contributed by atoms with E-state index < -0.39 is 15.9 Å². The van der Waals surface area contributed by atoms with E-state index in [4.69, 9.17) is 4.74 Å². The summed E-state index contributed by atoms with van der Waals surface area (Å²) in [6, 6.07) is 18.0. The van der Waals surface area contributed by atoms with Crippen molar-refractivity contribution in [3.8, 4) is 5.75 Å². The predicted octanol–water partition coefficient (Wildman–Crippen LogP) is 4.82. The summed E-state index contributed by atoms with van der Waals surface area (Å²) < 4.78 is 33.8. The second-order valence-electron chi connectivity index (χ2n) is 6.30. The van der Waals surface area contributed by atoms with Gasteiger partial charge in [-0.1, -0.05) is 23.8 Å². The molecule has 0 unspecified atom stereocenters. The number of ether oxygens (including phenoxy) is 1. The van der Waals surface area contributed by atoms with Crippen molar-refractivity contribution in [3.05, 3.63) is 82.3 Å². The Bertz CT molecular complexity index is 1150. The Hall–Kier alpha value is -2.84. The summed E-state index contributed by atoms with van der Waals surface area (Å²) in [7, 11) is -2.35. The van der Waals surface area contributed by atoms with Crippen molar-refractivity contribution in [2.24, 2.45) is 0 Å². The van der Waals surface area contributed by atoms with Gasteiger partial charge < -0.3 is 10.1 Å². The number of methoxy groups -OCH3 is 1. The van der Waals surface area contributed by atoms with Crippen molar-refractivity contribution in [2.45, 2.75) is 11.8 Å². The molecule has 6 nitrogen and oxygen atoms in total. The van der Waals surface area contributed by atoms with Crippen LogP contribution in [0.2, 0.25) is 0 Å². The maximum atomic E-state index is 12.7. The highest BCUT2D eigenvalue weighted by molar-refractivity contribution is 9.10. The van der Waals surface area contributed by atoms with Crippen LogP contribution in [0.1, 0.15) is 15.9 Å². The normalized spacial score (nSPS) is 11.0. The minimum absolute atomic E-state index is 0.0130. The Kier molecular flexibility index (Phi) is 6.24. The molecule has 0 saturated heterocycles. The number of hydrogen-bond acceptors (Lipinski definition) is 4. The number of aryl methyl sites for hydroxylation is 1. The fourth-order valence-electron chi connectivity index (χ4n) is 2.59. The van der Waals surface area contributed by atoms with Crippen molar-refractivity contribution in [1.29, 1.82) is 0 Å². The second kappa shape index (κ2) is 8.67. The largest absolute Gasteiger partial charge is 0.496 e. The third kappa shape index (κ3) is 5.16. The third-order valence-electron chi connectivity index (χ3n) is 4.12. The van der Waals surface area contributed by atoms with E-state index in [2.05, 4.69) is 26.0 Å². The van der Waals surface area contributed by atoms with E-state index in [0.29, 0.717) is 21.6 Å². The van der Waals surface area contributed by atoms with Crippen molar-refractivity contribution in [3.63, 3.8) is 0 Å². The van der Waals surface area contributed by atoms with Gasteiger partial charge in [0.2, 0.25) is 0 Å². The number of hydrogen-bond donors (Lipinski definition) is 2. The lowest BCUT2D eigenvalue weighted by Crippen LogP contribution is -2.16. The average Bonchev–Trinajstić information content (AvgIpc) is 2.70. The molecule has 3 aromatic rings. The van der Waals surface area contributed by atoms with Crippen LogP contribution in [0.5, 0.6) is 5.75 Å². The molecule has 2 N–H and O–H groups in total.